The Hall–Kier alpha value is -1.45. The third-order valence-electron chi connectivity index (χ3n) is 3.51. The maximum Gasteiger partial charge on any atom is 0.490 e. The highest BCUT2D eigenvalue weighted by atomic mass is 32.1. The zero-order valence-electron chi connectivity index (χ0n) is 11.4. The van der Waals surface area contributed by atoms with Crippen molar-refractivity contribution in [3.8, 4) is 0 Å². The molecule has 5 nitrogen and oxygen atoms in total. The first kappa shape index (κ1) is 16.9. The number of nitrogens with one attached hydrogen (secondary N) is 1. The van der Waals surface area contributed by atoms with Crippen molar-refractivity contribution in [2.24, 2.45) is 0 Å². The predicted molar refractivity (Wildman–Crippen MR) is 72.1 cm³/mol. The minimum absolute atomic E-state index is 0.135. The normalized spacial score (nSPS) is 20.0. The molecule has 1 saturated heterocycles. The Morgan fingerprint density at radius 3 is 2.50 bits per heavy atom. The fraction of sp³-hybridized carbons (Fsp3) is 0.538. The van der Waals surface area contributed by atoms with Crippen LogP contribution in [0.1, 0.15) is 28.1 Å². The first-order valence-electron chi connectivity index (χ1n) is 6.52. The standard InChI is InChI=1S/C11H13NO2S.C2HF3O2/c13-9-7-14-11(2-4-12-5-3-11)10-8(9)1-6-15-10;3-2(4,5)1(6)7/h1,6,12H,2-5,7H2;(H,6,7). The summed E-state index contributed by atoms with van der Waals surface area (Å²) in [6.07, 6.45) is -3.12. The Kier molecular flexibility index (Phi) is 4.88. The highest BCUT2D eigenvalue weighted by Crippen LogP contribution is 2.42. The second-order valence-electron chi connectivity index (χ2n) is 4.92. The molecule has 0 unspecified atom stereocenters. The lowest BCUT2D eigenvalue weighted by molar-refractivity contribution is -0.192. The first-order valence-corrected chi connectivity index (χ1v) is 7.40. The van der Waals surface area contributed by atoms with Gasteiger partial charge in [0.1, 0.15) is 12.2 Å². The van der Waals surface area contributed by atoms with Gasteiger partial charge in [0.25, 0.3) is 0 Å². The van der Waals surface area contributed by atoms with E-state index < -0.39 is 12.1 Å². The zero-order valence-corrected chi connectivity index (χ0v) is 12.2. The van der Waals surface area contributed by atoms with E-state index in [0.29, 0.717) is 0 Å². The number of alkyl halides is 3. The van der Waals surface area contributed by atoms with E-state index in [1.54, 1.807) is 11.3 Å². The molecule has 0 amide bonds. The van der Waals surface area contributed by atoms with E-state index in [9.17, 15) is 18.0 Å². The third kappa shape index (κ3) is 3.47. The number of aliphatic carboxylic acids is 1. The third-order valence-corrected chi connectivity index (χ3v) is 4.61. The molecule has 0 aliphatic carbocycles. The number of hydrogen-bond acceptors (Lipinski definition) is 5. The number of thiophene rings is 1. The second-order valence-corrected chi connectivity index (χ2v) is 5.84. The van der Waals surface area contributed by atoms with Gasteiger partial charge in [-0.15, -0.1) is 11.3 Å². The van der Waals surface area contributed by atoms with Crippen LogP contribution in [0.2, 0.25) is 0 Å². The molecular weight excluding hydrogens is 323 g/mol. The molecule has 22 heavy (non-hydrogen) atoms. The van der Waals surface area contributed by atoms with Crippen molar-refractivity contribution in [2.45, 2.75) is 24.6 Å². The summed E-state index contributed by atoms with van der Waals surface area (Å²) in [5, 5.41) is 12.5. The van der Waals surface area contributed by atoms with E-state index in [2.05, 4.69) is 5.32 Å². The molecule has 122 valence electrons. The Labute approximate surface area is 128 Å². The van der Waals surface area contributed by atoms with Gasteiger partial charge < -0.3 is 15.2 Å². The van der Waals surface area contributed by atoms with Gasteiger partial charge in [0.2, 0.25) is 0 Å². The molecule has 0 atom stereocenters. The van der Waals surface area contributed by atoms with E-state index in [0.717, 1.165) is 36.4 Å². The lowest BCUT2D eigenvalue weighted by Crippen LogP contribution is -2.45. The summed E-state index contributed by atoms with van der Waals surface area (Å²) < 4.78 is 37.6. The van der Waals surface area contributed by atoms with E-state index in [4.69, 9.17) is 14.6 Å². The van der Waals surface area contributed by atoms with Gasteiger partial charge in [-0.05, 0) is 37.4 Å². The van der Waals surface area contributed by atoms with Crippen molar-refractivity contribution in [3.05, 3.63) is 21.9 Å². The van der Waals surface area contributed by atoms with E-state index >= 15 is 0 Å². The quantitative estimate of drug-likeness (QED) is 0.759. The fourth-order valence-corrected chi connectivity index (χ4v) is 3.56. The Balaban J connectivity index is 0.000000217. The monoisotopic (exact) mass is 337 g/mol. The number of carbonyl (C=O) groups is 2. The number of piperidine rings is 1. The van der Waals surface area contributed by atoms with Crippen molar-refractivity contribution in [2.75, 3.05) is 19.7 Å². The number of halogens is 3. The lowest BCUT2D eigenvalue weighted by Gasteiger charge is -2.39. The molecule has 3 rings (SSSR count). The molecule has 1 spiro atoms. The second kappa shape index (κ2) is 6.35. The molecular formula is C13H14F3NO4S. The van der Waals surface area contributed by atoms with Crippen LogP contribution in [0.3, 0.4) is 0 Å². The van der Waals surface area contributed by atoms with Crippen LogP contribution in [-0.2, 0) is 15.1 Å². The van der Waals surface area contributed by atoms with Gasteiger partial charge in [0.15, 0.2) is 5.78 Å². The van der Waals surface area contributed by atoms with Gasteiger partial charge >= 0.3 is 12.1 Å². The average molecular weight is 337 g/mol. The topological polar surface area (TPSA) is 75.6 Å². The Morgan fingerprint density at radius 1 is 1.36 bits per heavy atom. The van der Waals surface area contributed by atoms with Crippen LogP contribution < -0.4 is 5.32 Å². The number of fused-ring (bicyclic) bond motifs is 2. The summed E-state index contributed by atoms with van der Waals surface area (Å²) in [6, 6.07) is 1.94. The van der Waals surface area contributed by atoms with Gasteiger partial charge in [-0.1, -0.05) is 0 Å². The van der Waals surface area contributed by atoms with Crippen LogP contribution in [0, 0.1) is 0 Å². The molecule has 1 fully saturated rings. The van der Waals surface area contributed by atoms with E-state index in [1.165, 1.54) is 0 Å². The van der Waals surface area contributed by atoms with Gasteiger partial charge in [-0.2, -0.15) is 13.2 Å². The summed E-state index contributed by atoms with van der Waals surface area (Å²) in [6.45, 7) is 2.21. The molecule has 0 bridgehead atoms. The smallest absolute Gasteiger partial charge is 0.475 e. The molecule has 1 aromatic rings. The SMILES string of the molecule is O=C(O)C(F)(F)F.O=C1COC2(CCNCC2)c2sccc21. The molecule has 9 heteroatoms. The summed E-state index contributed by atoms with van der Waals surface area (Å²) >= 11 is 1.66. The number of carboxylic acid groups (broad SMARTS) is 1. The van der Waals surface area contributed by atoms with Crippen LogP contribution in [0.5, 0.6) is 0 Å². The number of Topliss-reactive ketones (excluding diaryl/α,β-unsaturated/α-hetero) is 1. The average Bonchev–Trinajstić information content (AvgIpc) is 2.95. The lowest BCUT2D eigenvalue weighted by atomic mass is 9.86. The zero-order chi connectivity index (χ0) is 16.4. The molecule has 2 N–H and O–H groups in total. The molecule has 2 aliphatic heterocycles. The summed E-state index contributed by atoms with van der Waals surface area (Å²) in [7, 11) is 0. The molecule has 1 aromatic heterocycles. The van der Waals surface area contributed by atoms with Crippen LogP contribution in [0.15, 0.2) is 11.4 Å². The summed E-state index contributed by atoms with van der Waals surface area (Å²) in [5.74, 6) is -2.62. The van der Waals surface area contributed by atoms with Crippen LogP contribution >= 0.6 is 11.3 Å². The number of carbonyl (C=O) groups excluding carboxylic acids is 1. The van der Waals surface area contributed by atoms with E-state index in [1.807, 2.05) is 11.4 Å². The largest absolute Gasteiger partial charge is 0.490 e. The number of carboxylic acids is 1. The van der Waals surface area contributed by atoms with Gasteiger partial charge in [0, 0.05) is 10.4 Å². The highest BCUT2D eigenvalue weighted by Gasteiger charge is 2.42. The molecule has 0 aromatic carbocycles. The maximum atomic E-state index is 11.6. The number of ether oxygens (including phenoxy) is 1. The van der Waals surface area contributed by atoms with Crippen molar-refractivity contribution < 1.29 is 32.6 Å². The minimum atomic E-state index is -5.08. The Morgan fingerprint density at radius 2 is 1.95 bits per heavy atom. The predicted octanol–water partition coefficient (Wildman–Crippen LogP) is 2.17. The van der Waals surface area contributed by atoms with Gasteiger partial charge in [0.05, 0.1) is 0 Å². The van der Waals surface area contributed by atoms with Crippen molar-refractivity contribution in [3.63, 3.8) is 0 Å². The number of rotatable bonds is 0. The molecule has 0 radical (unpaired) electrons. The van der Waals surface area contributed by atoms with Gasteiger partial charge in [-0.3, -0.25) is 4.79 Å². The van der Waals surface area contributed by atoms with Crippen LogP contribution in [0.25, 0.3) is 0 Å². The first-order chi connectivity index (χ1) is 10.3. The minimum Gasteiger partial charge on any atom is -0.475 e. The Bertz CT molecular complexity index is 564. The van der Waals surface area contributed by atoms with Crippen molar-refractivity contribution >= 4 is 23.1 Å². The van der Waals surface area contributed by atoms with Crippen molar-refractivity contribution in [1.82, 2.24) is 5.32 Å². The van der Waals surface area contributed by atoms with Gasteiger partial charge in [-0.25, -0.2) is 4.79 Å². The van der Waals surface area contributed by atoms with Crippen LogP contribution in [0.4, 0.5) is 13.2 Å². The van der Waals surface area contributed by atoms with Crippen LogP contribution in [-0.4, -0.2) is 42.7 Å². The van der Waals surface area contributed by atoms with E-state index in [-0.39, 0.29) is 18.0 Å². The maximum absolute atomic E-state index is 11.6. The number of hydrogen-bond donors (Lipinski definition) is 2. The molecule has 2 aliphatic rings. The fourth-order valence-electron chi connectivity index (χ4n) is 2.43. The number of ketones is 1. The molecule has 3 heterocycles. The van der Waals surface area contributed by atoms with Crippen molar-refractivity contribution in [1.29, 1.82) is 0 Å². The summed E-state index contributed by atoms with van der Waals surface area (Å²) in [5.41, 5.74) is 0.732. The summed E-state index contributed by atoms with van der Waals surface area (Å²) in [4.78, 5) is 21.7. The molecule has 0 saturated carbocycles. The highest BCUT2D eigenvalue weighted by molar-refractivity contribution is 7.10.